The van der Waals surface area contributed by atoms with Gasteiger partial charge in [-0.3, -0.25) is 4.79 Å². The first-order valence-electron chi connectivity index (χ1n) is 6.86. The summed E-state index contributed by atoms with van der Waals surface area (Å²) in [7, 11) is 0. The van der Waals surface area contributed by atoms with Gasteiger partial charge in [-0.1, -0.05) is 18.2 Å². The molecule has 3 nitrogen and oxygen atoms in total. The van der Waals surface area contributed by atoms with Crippen LogP contribution in [0, 0.1) is 6.92 Å². The Labute approximate surface area is 123 Å². The van der Waals surface area contributed by atoms with Gasteiger partial charge in [-0.25, -0.2) is 0 Å². The maximum Gasteiger partial charge on any atom is 0.242 e. The molecule has 1 aliphatic heterocycles. The molecule has 0 saturated heterocycles. The lowest BCUT2D eigenvalue weighted by Crippen LogP contribution is -2.38. The molecule has 0 saturated carbocycles. The topological polar surface area (TPSA) is 32.3 Å². The van der Waals surface area contributed by atoms with Crippen LogP contribution in [0.3, 0.4) is 0 Å². The second-order valence-electron chi connectivity index (χ2n) is 5.10. The van der Waals surface area contributed by atoms with Crippen LogP contribution in [0.15, 0.2) is 35.7 Å². The van der Waals surface area contributed by atoms with E-state index in [2.05, 4.69) is 16.8 Å². The molecule has 0 unspecified atom stereocenters. The second kappa shape index (κ2) is 5.67. The predicted molar refractivity (Wildman–Crippen MR) is 83.1 cm³/mol. The van der Waals surface area contributed by atoms with Gasteiger partial charge in [0.1, 0.15) is 0 Å². The summed E-state index contributed by atoms with van der Waals surface area (Å²) in [6.07, 6.45) is 0.989. The molecule has 0 aliphatic carbocycles. The van der Waals surface area contributed by atoms with Crippen LogP contribution in [0.1, 0.15) is 16.0 Å². The van der Waals surface area contributed by atoms with Crippen molar-refractivity contribution in [3.8, 4) is 0 Å². The van der Waals surface area contributed by atoms with Gasteiger partial charge in [0.25, 0.3) is 0 Å². The number of thiophene rings is 1. The molecule has 0 atom stereocenters. The highest BCUT2D eigenvalue weighted by molar-refractivity contribution is 7.10. The third kappa shape index (κ3) is 2.70. The number of rotatable bonds is 3. The van der Waals surface area contributed by atoms with Crippen molar-refractivity contribution >= 4 is 22.9 Å². The maximum atomic E-state index is 12.3. The number of carbonyl (C=O) groups is 1. The van der Waals surface area contributed by atoms with Gasteiger partial charge in [0.05, 0.1) is 6.54 Å². The summed E-state index contributed by atoms with van der Waals surface area (Å²) in [5.41, 5.74) is 3.51. The highest BCUT2D eigenvalue weighted by Gasteiger charge is 2.21. The van der Waals surface area contributed by atoms with Crippen LogP contribution in [0.5, 0.6) is 0 Å². The fraction of sp³-hybridized carbons (Fsp3) is 0.312. The zero-order valence-electron chi connectivity index (χ0n) is 11.6. The average Bonchev–Trinajstić information content (AvgIpc) is 2.93. The molecule has 3 rings (SSSR count). The minimum Gasteiger partial charge on any atom is -0.376 e. The molecular weight excluding hydrogens is 268 g/mol. The average molecular weight is 286 g/mol. The molecule has 1 amide bonds. The van der Waals surface area contributed by atoms with Crippen molar-refractivity contribution in [1.82, 2.24) is 4.90 Å². The van der Waals surface area contributed by atoms with E-state index in [0.717, 1.165) is 25.2 Å². The highest BCUT2D eigenvalue weighted by atomic mass is 32.1. The van der Waals surface area contributed by atoms with Gasteiger partial charge >= 0.3 is 0 Å². The fourth-order valence-electron chi connectivity index (χ4n) is 2.52. The lowest BCUT2D eigenvalue weighted by molar-refractivity contribution is -0.130. The molecule has 0 bridgehead atoms. The van der Waals surface area contributed by atoms with Gasteiger partial charge in [0, 0.05) is 23.7 Å². The van der Waals surface area contributed by atoms with Crippen molar-refractivity contribution in [2.45, 2.75) is 19.9 Å². The number of nitrogens with one attached hydrogen (secondary N) is 1. The molecular formula is C16H18N2OS. The van der Waals surface area contributed by atoms with Crippen molar-refractivity contribution in [2.75, 3.05) is 18.4 Å². The summed E-state index contributed by atoms with van der Waals surface area (Å²) in [4.78, 5) is 15.7. The van der Waals surface area contributed by atoms with Crippen LogP contribution in [0.25, 0.3) is 0 Å². The lowest BCUT2D eigenvalue weighted by atomic mass is 10.1. The largest absolute Gasteiger partial charge is 0.376 e. The molecule has 0 fully saturated rings. The molecule has 0 spiro atoms. The molecule has 0 radical (unpaired) electrons. The smallest absolute Gasteiger partial charge is 0.242 e. The summed E-state index contributed by atoms with van der Waals surface area (Å²) < 4.78 is 0. The Morgan fingerprint density at radius 1 is 1.35 bits per heavy atom. The molecule has 1 N–H and O–H groups in total. The highest BCUT2D eigenvalue weighted by Crippen LogP contribution is 2.24. The zero-order chi connectivity index (χ0) is 13.9. The zero-order valence-corrected chi connectivity index (χ0v) is 12.4. The first-order valence-corrected chi connectivity index (χ1v) is 7.74. The summed E-state index contributed by atoms with van der Waals surface area (Å²) in [6.45, 7) is 4.00. The molecule has 2 aromatic rings. The third-order valence-corrected chi connectivity index (χ3v) is 4.76. The molecule has 1 aliphatic rings. The number of fused-ring (bicyclic) bond motifs is 1. The fourth-order valence-corrected chi connectivity index (χ4v) is 3.40. The number of anilines is 1. The molecule has 20 heavy (non-hydrogen) atoms. The van der Waals surface area contributed by atoms with Gasteiger partial charge in [0.2, 0.25) is 5.91 Å². The van der Waals surface area contributed by atoms with Gasteiger partial charge in [0.15, 0.2) is 0 Å². The lowest BCUT2D eigenvalue weighted by Gasteiger charge is -2.27. The quantitative estimate of drug-likeness (QED) is 0.940. The summed E-state index contributed by atoms with van der Waals surface area (Å²) in [6, 6.07) is 10.2. The van der Waals surface area contributed by atoms with Crippen LogP contribution in [0.2, 0.25) is 0 Å². The van der Waals surface area contributed by atoms with E-state index >= 15 is 0 Å². The van der Waals surface area contributed by atoms with Crippen LogP contribution >= 0.6 is 11.3 Å². The van der Waals surface area contributed by atoms with Gasteiger partial charge < -0.3 is 10.2 Å². The molecule has 2 heterocycles. The third-order valence-electron chi connectivity index (χ3n) is 3.74. The molecule has 104 valence electrons. The number of amides is 1. The van der Waals surface area contributed by atoms with E-state index in [1.165, 1.54) is 16.0 Å². The van der Waals surface area contributed by atoms with E-state index < -0.39 is 0 Å². The number of benzene rings is 1. The van der Waals surface area contributed by atoms with Gasteiger partial charge in [-0.05, 0) is 42.0 Å². The number of para-hydroxylation sites is 1. The molecule has 1 aromatic carbocycles. The van der Waals surface area contributed by atoms with Gasteiger partial charge in [-0.15, -0.1) is 11.3 Å². The Bertz CT molecular complexity index is 620. The van der Waals surface area contributed by atoms with Crippen LogP contribution in [0.4, 0.5) is 5.69 Å². The Balaban J connectivity index is 1.59. The van der Waals surface area contributed by atoms with Crippen LogP contribution < -0.4 is 5.32 Å². The Kier molecular flexibility index (Phi) is 3.74. The van der Waals surface area contributed by atoms with Crippen molar-refractivity contribution < 1.29 is 4.79 Å². The maximum absolute atomic E-state index is 12.3. The summed E-state index contributed by atoms with van der Waals surface area (Å²) in [5, 5.41) is 5.35. The van der Waals surface area contributed by atoms with E-state index in [-0.39, 0.29) is 5.91 Å². The first-order chi connectivity index (χ1) is 9.74. The minimum absolute atomic E-state index is 0.171. The molecule has 1 aromatic heterocycles. The number of hydrogen-bond donors (Lipinski definition) is 1. The predicted octanol–water partition coefficient (Wildman–Crippen LogP) is 3.05. The van der Waals surface area contributed by atoms with E-state index in [9.17, 15) is 4.79 Å². The minimum atomic E-state index is 0.171. The normalized spacial score (nSPS) is 13.9. The van der Waals surface area contributed by atoms with Crippen molar-refractivity contribution in [3.05, 3.63) is 51.7 Å². The van der Waals surface area contributed by atoms with Crippen molar-refractivity contribution in [3.63, 3.8) is 0 Å². The van der Waals surface area contributed by atoms with Crippen LogP contribution in [-0.4, -0.2) is 23.9 Å². The van der Waals surface area contributed by atoms with E-state index in [0.29, 0.717) is 6.54 Å². The Hall–Kier alpha value is -1.81. The summed E-state index contributed by atoms with van der Waals surface area (Å²) in [5.74, 6) is 0.171. The standard InChI is InChI=1S/C16H18N2OS/c1-12-4-2-3-5-14(12)17-10-16(19)18-8-6-15-13(11-18)7-9-20-15/h2-5,7,9,17H,6,8,10-11H2,1H3. The second-order valence-corrected chi connectivity index (χ2v) is 6.10. The number of hydrogen-bond acceptors (Lipinski definition) is 3. The Morgan fingerprint density at radius 2 is 2.20 bits per heavy atom. The van der Waals surface area contributed by atoms with Gasteiger partial charge in [-0.2, -0.15) is 0 Å². The van der Waals surface area contributed by atoms with E-state index in [1.54, 1.807) is 11.3 Å². The summed E-state index contributed by atoms with van der Waals surface area (Å²) >= 11 is 1.80. The number of nitrogens with zero attached hydrogens (tertiary/aromatic N) is 1. The number of carbonyl (C=O) groups excluding carboxylic acids is 1. The number of aryl methyl sites for hydroxylation is 1. The SMILES string of the molecule is Cc1ccccc1NCC(=O)N1CCc2sccc2C1. The van der Waals surface area contributed by atoms with Crippen molar-refractivity contribution in [1.29, 1.82) is 0 Å². The van der Waals surface area contributed by atoms with E-state index in [4.69, 9.17) is 0 Å². The Morgan fingerprint density at radius 3 is 3.05 bits per heavy atom. The molecule has 4 heteroatoms. The van der Waals surface area contributed by atoms with E-state index in [1.807, 2.05) is 36.1 Å². The van der Waals surface area contributed by atoms with Crippen molar-refractivity contribution in [2.24, 2.45) is 0 Å². The first kappa shape index (κ1) is 13.2. The van der Waals surface area contributed by atoms with Crippen LogP contribution in [-0.2, 0) is 17.8 Å². The monoisotopic (exact) mass is 286 g/mol.